The molecule has 0 saturated heterocycles. The van der Waals surface area contributed by atoms with E-state index in [9.17, 15) is 9.18 Å². The predicted molar refractivity (Wildman–Crippen MR) is 95.0 cm³/mol. The zero-order chi connectivity index (χ0) is 18.0. The van der Waals surface area contributed by atoms with E-state index in [0.29, 0.717) is 11.3 Å². The number of halogens is 1. The molecule has 1 aliphatic heterocycles. The van der Waals surface area contributed by atoms with Crippen molar-refractivity contribution >= 4 is 23.5 Å². The molecule has 2 atom stereocenters. The van der Waals surface area contributed by atoms with Crippen LogP contribution in [0.25, 0.3) is 5.57 Å². The van der Waals surface area contributed by atoms with Crippen LogP contribution in [0.1, 0.15) is 47.3 Å². The summed E-state index contributed by atoms with van der Waals surface area (Å²) in [6.07, 6.45) is 6.52. The van der Waals surface area contributed by atoms with Gasteiger partial charge in [-0.1, -0.05) is 12.8 Å². The Morgan fingerprint density at radius 3 is 2.88 bits per heavy atom. The summed E-state index contributed by atoms with van der Waals surface area (Å²) in [6.45, 7) is 0.117. The van der Waals surface area contributed by atoms with Crippen LogP contribution in [0.3, 0.4) is 0 Å². The molecule has 6 N–H and O–H groups in total. The Morgan fingerprint density at radius 1 is 1.44 bits per heavy atom. The number of fused-ring (bicyclic) bond motifs is 1. The molecule has 2 heterocycles. The normalized spacial score (nSPS) is 23.0. The first kappa shape index (κ1) is 17.3. The molecule has 2 aliphatic rings. The highest BCUT2D eigenvalue weighted by Crippen LogP contribution is 2.31. The van der Waals surface area contributed by atoms with Crippen LogP contribution in [0.2, 0.25) is 0 Å². The van der Waals surface area contributed by atoms with E-state index in [-0.39, 0.29) is 41.5 Å². The standard InChI is InChI=1S/C17H23FN6O/c1-21-7-9(6-19)15-13-10(8-22-17(13)25)14(18)16(24-15)23-12-5-3-2-4-11(12)20/h6-7,11-12,19,21H,2-5,8,20H2,1H3,(H,22,25)(H,23,24)/b9-7+,19-6?/t11-,12?/m0/s1. The van der Waals surface area contributed by atoms with Gasteiger partial charge in [0.15, 0.2) is 11.6 Å². The zero-order valence-corrected chi connectivity index (χ0v) is 14.2. The Hall–Kier alpha value is -2.48. The highest BCUT2D eigenvalue weighted by Gasteiger charge is 2.32. The number of hydrogen-bond acceptors (Lipinski definition) is 6. The van der Waals surface area contributed by atoms with E-state index in [2.05, 4.69) is 20.9 Å². The van der Waals surface area contributed by atoms with Crippen LogP contribution in [0, 0.1) is 11.2 Å². The van der Waals surface area contributed by atoms with Crippen LogP contribution in [0.5, 0.6) is 0 Å². The number of hydrogen-bond donors (Lipinski definition) is 5. The average Bonchev–Trinajstić information content (AvgIpc) is 3.00. The minimum Gasteiger partial charge on any atom is -0.393 e. The molecule has 1 fully saturated rings. The SMILES string of the molecule is CN/C=C(\C=N)c1nc(NC2CCCC[C@@H]2N)c(F)c2c1C(=O)NC2. The van der Waals surface area contributed by atoms with Crippen molar-refractivity contribution in [3.05, 3.63) is 28.8 Å². The predicted octanol–water partition coefficient (Wildman–Crippen LogP) is 1.36. The fourth-order valence-electron chi connectivity index (χ4n) is 3.43. The quantitative estimate of drug-likeness (QED) is 0.516. The maximum atomic E-state index is 14.9. The molecular weight excluding hydrogens is 323 g/mol. The number of anilines is 1. The van der Waals surface area contributed by atoms with Crippen molar-refractivity contribution in [3.63, 3.8) is 0 Å². The Labute approximate surface area is 145 Å². The summed E-state index contributed by atoms with van der Waals surface area (Å²) in [7, 11) is 1.69. The van der Waals surface area contributed by atoms with Gasteiger partial charge in [0, 0.05) is 49.2 Å². The first-order chi connectivity index (χ1) is 12.1. The Balaban J connectivity index is 2.06. The van der Waals surface area contributed by atoms with Crippen LogP contribution in [0.15, 0.2) is 6.20 Å². The Kier molecular flexibility index (Phi) is 4.98. The van der Waals surface area contributed by atoms with E-state index in [1.54, 1.807) is 13.2 Å². The Bertz CT molecular complexity index is 732. The highest BCUT2D eigenvalue weighted by molar-refractivity contribution is 6.13. The lowest BCUT2D eigenvalue weighted by atomic mass is 9.91. The van der Waals surface area contributed by atoms with Crippen molar-refractivity contribution in [2.24, 2.45) is 5.73 Å². The number of nitrogens with two attached hydrogens (primary N) is 1. The molecule has 1 unspecified atom stereocenters. The molecule has 1 saturated carbocycles. The summed E-state index contributed by atoms with van der Waals surface area (Å²) >= 11 is 0. The number of allylic oxidation sites excluding steroid dienone is 1. The van der Waals surface area contributed by atoms with Gasteiger partial charge in [-0.2, -0.15) is 0 Å². The monoisotopic (exact) mass is 346 g/mol. The van der Waals surface area contributed by atoms with Crippen molar-refractivity contribution < 1.29 is 9.18 Å². The van der Waals surface area contributed by atoms with Crippen molar-refractivity contribution in [2.75, 3.05) is 12.4 Å². The number of amides is 1. The van der Waals surface area contributed by atoms with Crippen molar-refractivity contribution in [2.45, 2.75) is 44.3 Å². The molecule has 1 aromatic rings. The fourth-order valence-corrected chi connectivity index (χ4v) is 3.43. The molecular formula is C17H23FN6O. The summed E-state index contributed by atoms with van der Waals surface area (Å²) in [5, 5.41) is 16.2. The Morgan fingerprint density at radius 2 is 2.20 bits per heavy atom. The van der Waals surface area contributed by atoms with Gasteiger partial charge in [-0.3, -0.25) is 4.79 Å². The molecule has 0 radical (unpaired) electrons. The maximum Gasteiger partial charge on any atom is 0.254 e. The lowest BCUT2D eigenvalue weighted by Gasteiger charge is -2.30. The number of nitrogens with zero attached hydrogens (tertiary/aromatic N) is 1. The lowest BCUT2D eigenvalue weighted by molar-refractivity contribution is 0.0965. The average molecular weight is 346 g/mol. The number of carbonyl (C=O) groups excluding carboxylic acids is 1. The van der Waals surface area contributed by atoms with Crippen LogP contribution in [0.4, 0.5) is 10.2 Å². The number of rotatable bonds is 5. The van der Waals surface area contributed by atoms with Gasteiger partial charge in [-0.15, -0.1) is 0 Å². The molecule has 7 nitrogen and oxygen atoms in total. The van der Waals surface area contributed by atoms with Gasteiger partial charge in [0.2, 0.25) is 0 Å². The van der Waals surface area contributed by atoms with Gasteiger partial charge in [-0.05, 0) is 12.8 Å². The molecule has 134 valence electrons. The van der Waals surface area contributed by atoms with Gasteiger partial charge in [0.25, 0.3) is 5.91 Å². The second-order valence-electron chi connectivity index (χ2n) is 6.39. The van der Waals surface area contributed by atoms with Crippen LogP contribution < -0.4 is 21.7 Å². The molecule has 1 aliphatic carbocycles. The fraction of sp³-hybridized carbons (Fsp3) is 0.471. The topological polar surface area (TPSA) is 116 Å². The van der Waals surface area contributed by atoms with Crippen LogP contribution in [-0.4, -0.2) is 36.2 Å². The summed E-state index contributed by atoms with van der Waals surface area (Å²) in [5.41, 5.74) is 7.33. The minimum atomic E-state index is -0.524. The number of pyridine rings is 1. The number of carbonyl (C=O) groups is 1. The van der Waals surface area contributed by atoms with E-state index in [4.69, 9.17) is 11.1 Å². The largest absolute Gasteiger partial charge is 0.393 e. The van der Waals surface area contributed by atoms with Gasteiger partial charge in [-0.25, -0.2) is 9.37 Å². The molecule has 1 amide bonds. The van der Waals surface area contributed by atoms with Crippen molar-refractivity contribution in [1.82, 2.24) is 15.6 Å². The highest BCUT2D eigenvalue weighted by atomic mass is 19.1. The third kappa shape index (κ3) is 3.21. The lowest BCUT2D eigenvalue weighted by Crippen LogP contribution is -2.43. The zero-order valence-electron chi connectivity index (χ0n) is 14.2. The summed E-state index contributed by atoms with van der Waals surface area (Å²) in [4.78, 5) is 16.5. The summed E-state index contributed by atoms with van der Waals surface area (Å²) < 4.78 is 14.9. The number of aromatic nitrogens is 1. The molecule has 3 rings (SSSR count). The molecule has 0 aromatic carbocycles. The molecule has 25 heavy (non-hydrogen) atoms. The van der Waals surface area contributed by atoms with Crippen molar-refractivity contribution in [3.8, 4) is 0 Å². The van der Waals surface area contributed by atoms with Crippen LogP contribution >= 0.6 is 0 Å². The summed E-state index contributed by atoms with van der Waals surface area (Å²) in [6, 6.07) is -0.107. The van der Waals surface area contributed by atoms with E-state index in [0.717, 1.165) is 31.9 Å². The van der Waals surface area contributed by atoms with E-state index in [1.807, 2.05) is 0 Å². The maximum absolute atomic E-state index is 14.9. The first-order valence-electron chi connectivity index (χ1n) is 8.47. The molecule has 0 spiro atoms. The third-order valence-electron chi connectivity index (χ3n) is 4.76. The van der Waals surface area contributed by atoms with Crippen LogP contribution in [-0.2, 0) is 6.54 Å². The van der Waals surface area contributed by atoms with E-state index in [1.165, 1.54) is 0 Å². The van der Waals surface area contributed by atoms with E-state index >= 15 is 0 Å². The van der Waals surface area contributed by atoms with Crippen molar-refractivity contribution in [1.29, 1.82) is 5.41 Å². The van der Waals surface area contributed by atoms with Gasteiger partial charge in [0.1, 0.15) is 0 Å². The molecule has 8 heteroatoms. The van der Waals surface area contributed by atoms with Gasteiger partial charge >= 0.3 is 0 Å². The van der Waals surface area contributed by atoms with Gasteiger partial charge in [0.05, 0.1) is 11.3 Å². The van der Waals surface area contributed by atoms with Gasteiger partial charge < -0.3 is 27.1 Å². The minimum absolute atomic E-state index is 0.0524. The first-order valence-corrected chi connectivity index (χ1v) is 8.47. The molecule has 1 aromatic heterocycles. The molecule has 0 bridgehead atoms. The second-order valence-corrected chi connectivity index (χ2v) is 6.39. The third-order valence-corrected chi connectivity index (χ3v) is 4.76. The summed E-state index contributed by atoms with van der Waals surface area (Å²) in [5.74, 6) is -0.804. The van der Waals surface area contributed by atoms with E-state index < -0.39 is 5.82 Å². The number of nitrogens with one attached hydrogen (secondary N) is 4. The smallest absolute Gasteiger partial charge is 0.254 e. The second kappa shape index (κ2) is 7.18.